The third-order valence-corrected chi connectivity index (χ3v) is 4.40. The third-order valence-electron chi connectivity index (χ3n) is 4.40. The van der Waals surface area contributed by atoms with Gasteiger partial charge in [0.05, 0.1) is 6.04 Å². The van der Waals surface area contributed by atoms with Gasteiger partial charge >= 0.3 is 6.03 Å². The molecule has 0 saturated carbocycles. The number of carbonyl (C=O) groups excluding carboxylic acids is 2. The molecular formula is C19H20FN3O2. The Balaban J connectivity index is 1.50. The Morgan fingerprint density at radius 3 is 2.84 bits per heavy atom. The highest BCUT2D eigenvalue weighted by atomic mass is 19.1. The fourth-order valence-corrected chi connectivity index (χ4v) is 3.15. The summed E-state index contributed by atoms with van der Waals surface area (Å²) in [6.07, 6.45) is 2.13. The molecule has 0 radical (unpaired) electrons. The number of carbonyl (C=O) groups is 2. The minimum absolute atomic E-state index is 0.0891. The summed E-state index contributed by atoms with van der Waals surface area (Å²) >= 11 is 0. The van der Waals surface area contributed by atoms with Crippen LogP contribution in [0.2, 0.25) is 0 Å². The average Bonchev–Trinajstić information content (AvgIpc) is 2.97. The lowest BCUT2D eigenvalue weighted by molar-refractivity contribution is 0.1000. The summed E-state index contributed by atoms with van der Waals surface area (Å²) in [6, 6.07) is 11.4. The molecule has 6 heteroatoms. The first-order valence-electron chi connectivity index (χ1n) is 8.24. The fraction of sp³-hybridized carbons (Fsp3) is 0.263. The SMILES string of the molecule is NC(=O)c1cccc(CCNC(=O)N[C@@H]2CCc3cc(F)ccc32)c1. The van der Waals surface area contributed by atoms with Crippen LogP contribution in [-0.2, 0) is 12.8 Å². The molecule has 0 saturated heterocycles. The lowest BCUT2D eigenvalue weighted by Crippen LogP contribution is -2.38. The van der Waals surface area contributed by atoms with Crippen molar-refractivity contribution >= 4 is 11.9 Å². The number of hydrogen-bond acceptors (Lipinski definition) is 2. The zero-order valence-electron chi connectivity index (χ0n) is 13.7. The van der Waals surface area contributed by atoms with Crippen molar-refractivity contribution in [3.63, 3.8) is 0 Å². The standard InChI is InChI=1S/C19H20FN3O2/c20-15-5-6-16-13(11-15)4-7-17(16)23-19(25)22-9-8-12-2-1-3-14(10-12)18(21)24/h1-3,5-6,10-11,17H,4,7-9H2,(H2,21,24)(H2,22,23,25)/t17-/m1/s1. The Bertz CT molecular complexity index is 807. The molecular weight excluding hydrogens is 321 g/mol. The predicted molar refractivity (Wildman–Crippen MR) is 92.7 cm³/mol. The van der Waals surface area contributed by atoms with Crippen molar-refractivity contribution in [1.82, 2.24) is 10.6 Å². The molecule has 0 aliphatic heterocycles. The number of urea groups is 1. The van der Waals surface area contributed by atoms with E-state index in [0.29, 0.717) is 18.5 Å². The Hall–Kier alpha value is -2.89. The smallest absolute Gasteiger partial charge is 0.315 e. The van der Waals surface area contributed by atoms with Crippen LogP contribution in [0, 0.1) is 5.82 Å². The van der Waals surface area contributed by atoms with Crippen molar-refractivity contribution in [2.45, 2.75) is 25.3 Å². The maximum atomic E-state index is 13.2. The summed E-state index contributed by atoms with van der Waals surface area (Å²) in [4.78, 5) is 23.2. The van der Waals surface area contributed by atoms with Crippen LogP contribution in [-0.4, -0.2) is 18.5 Å². The minimum Gasteiger partial charge on any atom is -0.366 e. The summed E-state index contributed by atoms with van der Waals surface area (Å²) in [5.41, 5.74) is 8.57. The molecule has 0 fully saturated rings. The van der Waals surface area contributed by atoms with Crippen molar-refractivity contribution < 1.29 is 14.0 Å². The molecule has 2 aromatic carbocycles. The zero-order chi connectivity index (χ0) is 17.8. The molecule has 1 aliphatic rings. The minimum atomic E-state index is -0.469. The van der Waals surface area contributed by atoms with Gasteiger partial charge in [0.25, 0.3) is 0 Å². The molecule has 2 aromatic rings. The van der Waals surface area contributed by atoms with E-state index < -0.39 is 5.91 Å². The summed E-state index contributed by atoms with van der Waals surface area (Å²) in [5, 5.41) is 5.73. The van der Waals surface area contributed by atoms with E-state index in [2.05, 4.69) is 10.6 Å². The molecule has 3 amide bonds. The van der Waals surface area contributed by atoms with Gasteiger partial charge in [-0.2, -0.15) is 0 Å². The Morgan fingerprint density at radius 1 is 1.20 bits per heavy atom. The molecule has 0 spiro atoms. The van der Waals surface area contributed by atoms with Crippen molar-refractivity contribution in [1.29, 1.82) is 0 Å². The molecule has 25 heavy (non-hydrogen) atoms. The monoisotopic (exact) mass is 341 g/mol. The van der Waals surface area contributed by atoms with Crippen molar-refractivity contribution in [2.24, 2.45) is 5.73 Å². The van der Waals surface area contributed by atoms with Crippen LogP contribution >= 0.6 is 0 Å². The largest absolute Gasteiger partial charge is 0.366 e. The first-order valence-corrected chi connectivity index (χ1v) is 8.24. The van der Waals surface area contributed by atoms with E-state index >= 15 is 0 Å². The van der Waals surface area contributed by atoms with Gasteiger partial charge in [0.15, 0.2) is 0 Å². The van der Waals surface area contributed by atoms with Crippen LogP contribution in [0.15, 0.2) is 42.5 Å². The number of nitrogens with two attached hydrogens (primary N) is 1. The van der Waals surface area contributed by atoms with Crippen molar-refractivity contribution in [3.8, 4) is 0 Å². The van der Waals surface area contributed by atoms with Crippen LogP contribution in [0.3, 0.4) is 0 Å². The van der Waals surface area contributed by atoms with E-state index in [1.165, 1.54) is 12.1 Å². The highest BCUT2D eigenvalue weighted by Crippen LogP contribution is 2.31. The molecule has 3 rings (SSSR count). The second kappa shape index (κ2) is 7.34. The molecule has 4 N–H and O–H groups in total. The van der Waals surface area contributed by atoms with E-state index in [1.54, 1.807) is 24.3 Å². The van der Waals surface area contributed by atoms with E-state index in [-0.39, 0.29) is 17.9 Å². The Labute approximate surface area is 145 Å². The maximum absolute atomic E-state index is 13.2. The zero-order valence-corrected chi connectivity index (χ0v) is 13.7. The number of primary amides is 1. The molecule has 1 atom stereocenters. The summed E-state index contributed by atoms with van der Waals surface area (Å²) in [7, 11) is 0. The highest BCUT2D eigenvalue weighted by molar-refractivity contribution is 5.92. The average molecular weight is 341 g/mol. The molecule has 1 aliphatic carbocycles. The number of hydrogen-bond donors (Lipinski definition) is 3. The van der Waals surface area contributed by atoms with Gasteiger partial charge in [-0.15, -0.1) is 0 Å². The van der Waals surface area contributed by atoms with Crippen LogP contribution < -0.4 is 16.4 Å². The topological polar surface area (TPSA) is 84.2 Å². The normalized spacial score (nSPS) is 15.5. The van der Waals surface area contributed by atoms with Gasteiger partial charge in [-0.1, -0.05) is 18.2 Å². The molecule has 0 aromatic heterocycles. The lowest BCUT2D eigenvalue weighted by atomic mass is 10.1. The summed E-state index contributed by atoms with van der Waals surface area (Å²) in [6.45, 7) is 0.442. The van der Waals surface area contributed by atoms with Gasteiger partial charge in [-0.25, -0.2) is 9.18 Å². The fourth-order valence-electron chi connectivity index (χ4n) is 3.15. The number of aryl methyl sites for hydroxylation is 1. The number of rotatable bonds is 5. The van der Waals surface area contributed by atoms with Gasteiger partial charge in [-0.05, 0) is 60.2 Å². The molecule has 0 unspecified atom stereocenters. The Kier molecular flexibility index (Phi) is 4.97. The number of nitrogens with one attached hydrogen (secondary N) is 2. The van der Waals surface area contributed by atoms with Gasteiger partial charge < -0.3 is 16.4 Å². The van der Waals surface area contributed by atoms with Gasteiger partial charge in [0.2, 0.25) is 5.91 Å². The highest BCUT2D eigenvalue weighted by Gasteiger charge is 2.24. The second-order valence-corrected chi connectivity index (χ2v) is 6.15. The van der Waals surface area contributed by atoms with Gasteiger partial charge in [-0.3, -0.25) is 4.79 Å². The number of benzene rings is 2. The van der Waals surface area contributed by atoms with Crippen LogP contribution in [0.1, 0.15) is 39.5 Å². The van der Waals surface area contributed by atoms with Crippen LogP contribution in [0.5, 0.6) is 0 Å². The number of fused-ring (bicyclic) bond motifs is 1. The van der Waals surface area contributed by atoms with Crippen LogP contribution in [0.25, 0.3) is 0 Å². The number of amides is 3. The number of halogens is 1. The van der Waals surface area contributed by atoms with E-state index in [1.807, 2.05) is 6.07 Å². The quantitative estimate of drug-likeness (QED) is 0.780. The summed E-state index contributed by atoms with van der Waals surface area (Å²) < 4.78 is 13.2. The maximum Gasteiger partial charge on any atom is 0.315 e. The molecule has 0 bridgehead atoms. The van der Waals surface area contributed by atoms with Gasteiger partial charge in [0.1, 0.15) is 5.82 Å². The first-order chi connectivity index (χ1) is 12.0. The van der Waals surface area contributed by atoms with E-state index in [0.717, 1.165) is 29.5 Å². The summed E-state index contributed by atoms with van der Waals surface area (Å²) in [5.74, 6) is -0.717. The first kappa shape index (κ1) is 17.0. The van der Waals surface area contributed by atoms with E-state index in [9.17, 15) is 14.0 Å². The second-order valence-electron chi connectivity index (χ2n) is 6.15. The molecule has 130 valence electrons. The third kappa shape index (κ3) is 4.15. The van der Waals surface area contributed by atoms with Crippen LogP contribution in [0.4, 0.5) is 9.18 Å². The van der Waals surface area contributed by atoms with Crippen molar-refractivity contribution in [2.75, 3.05) is 6.54 Å². The molecule has 5 nitrogen and oxygen atoms in total. The molecule has 0 heterocycles. The van der Waals surface area contributed by atoms with Gasteiger partial charge in [0, 0.05) is 12.1 Å². The predicted octanol–water partition coefficient (Wildman–Crippen LogP) is 2.45. The lowest BCUT2D eigenvalue weighted by Gasteiger charge is -2.15. The Morgan fingerprint density at radius 2 is 2.04 bits per heavy atom. The van der Waals surface area contributed by atoms with E-state index in [4.69, 9.17) is 5.73 Å². The van der Waals surface area contributed by atoms with Crippen molar-refractivity contribution in [3.05, 3.63) is 70.5 Å².